The molecule has 0 aliphatic carbocycles. The molecule has 0 spiro atoms. The second-order valence-corrected chi connectivity index (χ2v) is 7.11. The summed E-state index contributed by atoms with van der Waals surface area (Å²) in [6.07, 6.45) is -5.44. The predicted molar refractivity (Wildman–Crippen MR) is 106 cm³/mol. The molecule has 0 aromatic heterocycles. The van der Waals surface area contributed by atoms with E-state index in [0.717, 1.165) is 39.8 Å². The van der Waals surface area contributed by atoms with E-state index in [4.69, 9.17) is 23.7 Å². The summed E-state index contributed by atoms with van der Waals surface area (Å²) in [5, 5.41) is 2.51. The van der Waals surface area contributed by atoms with E-state index in [2.05, 4.69) is 5.32 Å². The van der Waals surface area contributed by atoms with Crippen molar-refractivity contribution < 1.29 is 52.0 Å². The maximum atomic E-state index is 13.2. The van der Waals surface area contributed by atoms with E-state index in [1.807, 2.05) is 0 Å². The topological polar surface area (TPSA) is 144 Å². The van der Waals surface area contributed by atoms with Gasteiger partial charge in [0, 0.05) is 33.3 Å². The minimum Gasteiger partial charge on any atom is -0.463 e. The van der Waals surface area contributed by atoms with Crippen LogP contribution in [0.2, 0.25) is 0 Å². The van der Waals surface area contributed by atoms with Gasteiger partial charge in [-0.15, -0.1) is 0 Å². The van der Waals surface area contributed by atoms with Crippen LogP contribution < -0.4 is 5.32 Å². The summed E-state index contributed by atoms with van der Waals surface area (Å²) in [6, 6.07) is 3.21. The lowest BCUT2D eigenvalue weighted by Gasteiger charge is -2.44. The largest absolute Gasteiger partial charge is 0.463 e. The van der Waals surface area contributed by atoms with Gasteiger partial charge in [0.15, 0.2) is 12.2 Å². The van der Waals surface area contributed by atoms with E-state index in [0.29, 0.717) is 0 Å². The van der Waals surface area contributed by atoms with Gasteiger partial charge in [-0.05, 0) is 24.3 Å². The summed E-state index contributed by atoms with van der Waals surface area (Å²) in [5.74, 6) is -4.33. The van der Waals surface area contributed by atoms with Gasteiger partial charge in [0.25, 0.3) is 5.91 Å². The number of benzene rings is 1. The molecule has 1 aliphatic heterocycles. The Kier molecular flexibility index (Phi) is 8.85. The predicted octanol–water partition coefficient (Wildman–Crippen LogP) is 0.639. The number of carbonyl (C=O) groups excluding carboxylic acids is 5. The number of rotatable bonds is 7. The molecule has 1 heterocycles. The van der Waals surface area contributed by atoms with Crippen LogP contribution in [0.15, 0.2) is 24.3 Å². The molecule has 5 unspecified atom stereocenters. The summed E-state index contributed by atoms with van der Waals surface area (Å²) >= 11 is 0. The smallest absolute Gasteiger partial charge is 0.305 e. The first-order valence-corrected chi connectivity index (χ1v) is 9.84. The molecule has 1 N–H and O–H groups in total. The van der Waals surface area contributed by atoms with Crippen molar-refractivity contribution in [1.82, 2.24) is 5.32 Å². The van der Waals surface area contributed by atoms with E-state index in [1.54, 1.807) is 0 Å². The molecule has 180 valence electrons. The molecule has 12 heteroatoms. The fourth-order valence-corrected chi connectivity index (χ4v) is 3.16. The molecule has 0 saturated carbocycles. The second-order valence-electron chi connectivity index (χ2n) is 7.11. The zero-order valence-corrected chi connectivity index (χ0v) is 18.4. The molecule has 0 radical (unpaired) electrons. The summed E-state index contributed by atoms with van der Waals surface area (Å²) in [7, 11) is 0. The number of esters is 4. The van der Waals surface area contributed by atoms with Crippen LogP contribution in [0.25, 0.3) is 0 Å². The molecule has 33 heavy (non-hydrogen) atoms. The van der Waals surface area contributed by atoms with Crippen molar-refractivity contribution in [3.8, 4) is 0 Å². The number of halogens is 1. The standard InChI is InChI=1S/C21H24FNO10/c1-10(24)29-9-16-18(30-11(2)25)19(31-12(3)26)17(21(33-16)32-13(4)27)23-20(28)14-5-7-15(22)8-6-14/h5-8,16-19,21H,9H2,1-4H3,(H,23,28). The van der Waals surface area contributed by atoms with Crippen molar-refractivity contribution in [2.45, 2.75) is 58.3 Å². The second kappa shape index (κ2) is 11.4. The molecule has 11 nitrogen and oxygen atoms in total. The normalized spacial score (nSPS) is 24.2. The Balaban J connectivity index is 2.44. The molecule has 1 aromatic carbocycles. The molecule has 0 bridgehead atoms. The van der Waals surface area contributed by atoms with Crippen LogP contribution in [0.5, 0.6) is 0 Å². The Bertz CT molecular complexity index is 903. The molecule has 5 atom stereocenters. The summed E-state index contributed by atoms with van der Waals surface area (Å²) in [6.45, 7) is 3.98. The third kappa shape index (κ3) is 7.52. The molecule has 1 fully saturated rings. The molecule has 1 aromatic rings. The van der Waals surface area contributed by atoms with E-state index >= 15 is 0 Å². The molecular formula is C21H24FNO10. The van der Waals surface area contributed by atoms with E-state index in [-0.39, 0.29) is 5.56 Å². The van der Waals surface area contributed by atoms with Crippen LogP contribution in [0.3, 0.4) is 0 Å². The molecule has 1 amide bonds. The molecule has 1 aliphatic rings. The van der Waals surface area contributed by atoms with Crippen molar-refractivity contribution in [3.05, 3.63) is 35.6 Å². The molecule has 2 rings (SSSR count). The van der Waals surface area contributed by atoms with Gasteiger partial charge in [-0.2, -0.15) is 0 Å². The number of nitrogens with one attached hydrogen (secondary N) is 1. The van der Waals surface area contributed by atoms with E-state index in [9.17, 15) is 28.4 Å². The van der Waals surface area contributed by atoms with Crippen LogP contribution >= 0.6 is 0 Å². The molecular weight excluding hydrogens is 445 g/mol. The first-order valence-electron chi connectivity index (χ1n) is 9.84. The van der Waals surface area contributed by atoms with Crippen molar-refractivity contribution in [1.29, 1.82) is 0 Å². The van der Waals surface area contributed by atoms with Gasteiger partial charge in [-0.1, -0.05) is 0 Å². The van der Waals surface area contributed by atoms with Gasteiger partial charge >= 0.3 is 23.9 Å². The van der Waals surface area contributed by atoms with Gasteiger partial charge in [0.2, 0.25) is 6.29 Å². The fourth-order valence-electron chi connectivity index (χ4n) is 3.16. The van der Waals surface area contributed by atoms with Crippen LogP contribution in [0.1, 0.15) is 38.1 Å². The Morgan fingerprint density at radius 2 is 1.39 bits per heavy atom. The first-order chi connectivity index (χ1) is 15.5. The van der Waals surface area contributed by atoms with Gasteiger partial charge in [0.1, 0.15) is 24.6 Å². The van der Waals surface area contributed by atoms with Crippen LogP contribution in [0.4, 0.5) is 4.39 Å². The van der Waals surface area contributed by atoms with Crippen molar-refractivity contribution in [2.75, 3.05) is 6.61 Å². The number of carbonyl (C=O) groups is 5. The van der Waals surface area contributed by atoms with Crippen LogP contribution in [0, 0.1) is 5.82 Å². The quantitative estimate of drug-likeness (QED) is 0.446. The SMILES string of the molecule is CC(=O)OCC1OC(OC(C)=O)C(NC(=O)c2ccc(F)cc2)C(OC(C)=O)C1OC(C)=O. The van der Waals surface area contributed by atoms with Gasteiger partial charge in [-0.25, -0.2) is 4.39 Å². The van der Waals surface area contributed by atoms with E-state index in [1.165, 1.54) is 12.1 Å². The van der Waals surface area contributed by atoms with Crippen LogP contribution in [-0.4, -0.2) is 67.0 Å². The third-order valence-corrected chi connectivity index (χ3v) is 4.39. The number of hydrogen-bond acceptors (Lipinski definition) is 10. The first kappa shape index (κ1) is 25.7. The highest BCUT2D eigenvalue weighted by atomic mass is 19.1. The maximum absolute atomic E-state index is 13.2. The Labute approximate surface area is 188 Å². The minimum absolute atomic E-state index is 0.0469. The highest BCUT2D eigenvalue weighted by Crippen LogP contribution is 2.28. The fraction of sp³-hybridized carbons (Fsp3) is 0.476. The van der Waals surface area contributed by atoms with Gasteiger partial charge < -0.3 is 29.0 Å². The van der Waals surface area contributed by atoms with E-state index < -0.39 is 72.9 Å². The minimum atomic E-state index is -1.51. The van der Waals surface area contributed by atoms with Crippen molar-refractivity contribution >= 4 is 29.8 Å². The van der Waals surface area contributed by atoms with Crippen molar-refractivity contribution in [2.24, 2.45) is 0 Å². The number of amides is 1. The Morgan fingerprint density at radius 1 is 0.848 bits per heavy atom. The highest BCUT2D eigenvalue weighted by Gasteiger charge is 2.52. The Hall–Kier alpha value is -3.54. The lowest BCUT2D eigenvalue weighted by Crippen LogP contribution is -2.67. The summed E-state index contributed by atoms with van der Waals surface area (Å²) in [4.78, 5) is 59.3. The number of ether oxygens (including phenoxy) is 5. The lowest BCUT2D eigenvalue weighted by atomic mass is 9.95. The summed E-state index contributed by atoms with van der Waals surface area (Å²) in [5.41, 5.74) is 0.0469. The zero-order chi connectivity index (χ0) is 24.7. The highest BCUT2D eigenvalue weighted by molar-refractivity contribution is 5.94. The Morgan fingerprint density at radius 3 is 1.91 bits per heavy atom. The lowest BCUT2D eigenvalue weighted by molar-refractivity contribution is -0.270. The van der Waals surface area contributed by atoms with Gasteiger partial charge in [0.05, 0.1) is 0 Å². The molecule has 1 saturated heterocycles. The monoisotopic (exact) mass is 469 g/mol. The van der Waals surface area contributed by atoms with Gasteiger partial charge in [-0.3, -0.25) is 24.0 Å². The average Bonchev–Trinajstić information content (AvgIpc) is 2.70. The zero-order valence-electron chi connectivity index (χ0n) is 18.4. The maximum Gasteiger partial charge on any atom is 0.305 e. The average molecular weight is 469 g/mol. The number of hydrogen-bond donors (Lipinski definition) is 1. The van der Waals surface area contributed by atoms with Crippen molar-refractivity contribution in [3.63, 3.8) is 0 Å². The van der Waals surface area contributed by atoms with Crippen LogP contribution in [-0.2, 0) is 42.9 Å². The third-order valence-electron chi connectivity index (χ3n) is 4.39. The summed E-state index contributed by atoms with van der Waals surface area (Å²) < 4.78 is 39.6.